The molecule has 0 aromatic heterocycles. The Kier molecular flexibility index (Phi) is 6.61. The fourth-order valence-electron chi connectivity index (χ4n) is 1.90. The minimum Gasteiger partial charge on any atom is -0.497 e. The first-order chi connectivity index (χ1) is 10.1. The lowest BCUT2D eigenvalue weighted by molar-refractivity contribution is 0.200. The summed E-state index contributed by atoms with van der Waals surface area (Å²) in [5, 5.41) is 10.2. The molecule has 0 saturated carbocycles. The lowest BCUT2D eigenvalue weighted by atomic mass is 10.1. The van der Waals surface area contributed by atoms with Crippen molar-refractivity contribution >= 4 is 43.6 Å². The number of benzene rings is 2. The molecule has 0 aliphatic rings. The molecule has 0 saturated heterocycles. The van der Waals surface area contributed by atoms with Gasteiger partial charge in [0.25, 0.3) is 0 Å². The van der Waals surface area contributed by atoms with Crippen LogP contribution in [0, 0.1) is 0 Å². The summed E-state index contributed by atoms with van der Waals surface area (Å²) in [6.45, 7) is 0. The highest BCUT2D eigenvalue weighted by atomic mass is 79.9. The highest BCUT2D eigenvalue weighted by Crippen LogP contribution is 2.29. The number of aliphatic hydroxyl groups excluding tert-OH is 1. The van der Waals surface area contributed by atoms with E-state index in [0.717, 1.165) is 25.2 Å². The zero-order chi connectivity index (χ0) is 15.2. The first-order valence-corrected chi connectivity index (χ1v) is 9.05. The maximum Gasteiger partial charge on any atom is 0.119 e. The van der Waals surface area contributed by atoms with Crippen molar-refractivity contribution in [2.75, 3.05) is 12.9 Å². The van der Waals surface area contributed by atoms with E-state index in [1.807, 2.05) is 42.5 Å². The highest BCUT2D eigenvalue weighted by Gasteiger charge is 2.11. The summed E-state index contributed by atoms with van der Waals surface area (Å²) >= 11 is 8.68. The van der Waals surface area contributed by atoms with Crippen LogP contribution in [0.25, 0.3) is 0 Å². The zero-order valence-electron chi connectivity index (χ0n) is 11.6. The number of hydrogen-bond acceptors (Lipinski definition) is 3. The number of halogens is 2. The van der Waals surface area contributed by atoms with Gasteiger partial charge in [-0.2, -0.15) is 0 Å². The molecule has 0 bridgehead atoms. The first kappa shape index (κ1) is 16.9. The predicted octanol–water partition coefficient (Wildman–Crippen LogP) is 4.92. The molecule has 0 heterocycles. The van der Waals surface area contributed by atoms with Crippen LogP contribution in [0.1, 0.15) is 5.56 Å². The molecule has 1 unspecified atom stereocenters. The minimum atomic E-state index is -0.412. The molecule has 2 aromatic carbocycles. The molecule has 2 nitrogen and oxygen atoms in total. The number of ether oxygens (including phenoxy) is 1. The monoisotopic (exact) mass is 430 g/mol. The van der Waals surface area contributed by atoms with Gasteiger partial charge in [-0.15, -0.1) is 11.8 Å². The third-order valence-electron chi connectivity index (χ3n) is 2.98. The second-order valence-corrected chi connectivity index (χ2v) is 7.33. The molecule has 0 amide bonds. The fourth-order valence-corrected chi connectivity index (χ4v) is 3.80. The molecule has 1 atom stereocenters. The van der Waals surface area contributed by atoms with Crippen molar-refractivity contribution in [1.29, 1.82) is 0 Å². The lowest BCUT2D eigenvalue weighted by Crippen LogP contribution is -2.14. The third kappa shape index (κ3) is 5.02. The van der Waals surface area contributed by atoms with Crippen molar-refractivity contribution in [3.8, 4) is 5.75 Å². The Hall–Kier alpha value is -0.490. The van der Waals surface area contributed by atoms with E-state index in [1.165, 1.54) is 0 Å². The van der Waals surface area contributed by atoms with Gasteiger partial charge in [-0.25, -0.2) is 0 Å². The van der Waals surface area contributed by atoms with E-state index in [1.54, 1.807) is 18.9 Å². The van der Waals surface area contributed by atoms with Crippen LogP contribution in [-0.4, -0.2) is 24.1 Å². The Labute approximate surface area is 146 Å². The van der Waals surface area contributed by atoms with E-state index in [4.69, 9.17) is 4.74 Å². The molecule has 0 fully saturated rings. The normalized spacial score (nSPS) is 12.2. The number of hydrogen-bond donors (Lipinski definition) is 1. The van der Waals surface area contributed by atoms with Crippen molar-refractivity contribution in [2.24, 2.45) is 0 Å². The summed E-state index contributed by atoms with van der Waals surface area (Å²) in [5.41, 5.74) is 1.05. The summed E-state index contributed by atoms with van der Waals surface area (Å²) in [7, 11) is 1.65. The average Bonchev–Trinajstić information content (AvgIpc) is 2.48. The maximum atomic E-state index is 10.2. The molecule has 21 heavy (non-hydrogen) atoms. The topological polar surface area (TPSA) is 29.5 Å². The summed E-state index contributed by atoms with van der Waals surface area (Å²) in [6, 6.07) is 13.8. The smallest absolute Gasteiger partial charge is 0.119 e. The minimum absolute atomic E-state index is 0.412. The second-order valence-electron chi connectivity index (χ2n) is 4.56. The quantitative estimate of drug-likeness (QED) is 0.658. The van der Waals surface area contributed by atoms with Crippen LogP contribution in [0.4, 0.5) is 0 Å². The van der Waals surface area contributed by atoms with Gasteiger partial charge in [-0.1, -0.05) is 28.1 Å². The molecule has 0 radical (unpaired) electrons. The van der Waals surface area contributed by atoms with Crippen LogP contribution in [-0.2, 0) is 6.42 Å². The van der Waals surface area contributed by atoms with E-state index < -0.39 is 6.10 Å². The van der Waals surface area contributed by atoms with E-state index >= 15 is 0 Å². The van der Waals surface area contributed by atoms with Gasteiger partial charge in [-0.05, 0) is 51.8 Å². The van der Waals surface area contributed by atoms with Crippen LogP contribution < -0.4 is 4.74 Å². The van der Waals surface area contributed by atoms with Crippen LogP contribution in [0.5, 0.6) is 5.75 Å². The third-order valence-corrected chi connectivity index (χ3v) is 5.92. The number of aliphatic hydroxyl groups is 1. The summed E-state index contributed by atoms with van der Waals surface area (Å²) in [5.74, 6) is 1.45. The SMILES string of the molecule is COc1ccc(Br)c(CC(O)CSc2ccccc2Br)c1. The van der Waals surface area contributed by atoms with Gasteiger partial charge in [0.05, 0.1) is 13.2 Å². The Bertz CT molecular complexity index is 605. The molecule has 0 aliphatic heterocycles. The predicted molar refractivity (Wildman–Crippen MR) is 95.3 cm³/mol. The van der Waals surface area contributed by atoms with Crippen molar-refractivity contribution in [1.82, 2.24) is 0 Å². The van der Waals surface area contributed by atoms with Gasteiger partial charge in [0, 0.05) is 26.0 Å². The van der Waals surface area contributed by atoms with E-state index in [0.29, 0.717) is 12.2 Å². The fraction of sp³-hybridized carbons (Fsp3) is 0.250. The van der Waals surface area contributed by atoms with Gasteiger partial charge in [0.1, 0.15) is 5.75 Å². The Morgan fingerprint density at radius 1 is 1.14 bits per heavy atom. The number of thioether (sulfide) groups is 1. The van der Waals surface area contributed by atoms with Crippen molar-refractivity contribution in [3.05, 3.63) is 57.0 Å². The van der Waals surface area contributed by atoms with Crippen molar-refractivity contribution in [2.45, 2.75) is 17.4 Å². The van der Waals surface area contributed by atoms with Crippen LogP contribution >= 0.6 is 43.6 Å². The first-order valence-electron chi connectivity index (χ1n) is 6.48. The van der Waals surface area contributed by atoms with Gasteiger partial charge in [0.15, 0.2) is 0 Å². The van der Waals surface area contributed by atoms with E-state index in [2.05, 4.69) is 31.9 Å². The van der Waals surface area contributed by atoms with Gasteiger partial charge < -0.3 is 9.84 Å². The molecule has 0 spiro atoms. The molecule has 2 aromatic rings. The van der Waals surface area contributed by atoms with Gasteiger partial charge in [0.2, 0.25) is 0 Å². The lowest BCUT2D eigenvalue weighted by Gasteiger charge is -2.13. The molecular formula is C16H16Br2O2S. The van der Waals surface area contributed by atoms with Crippen LogP contribution in [0.15, 0.2) is 56.3 Å². The van der Waals surface area contributed by atoms with Gasteiger partial charge in [-0.3, -0.25) is 0 Å². The summed E-state index contributed by atoms with van der Waals surface area (Å²) < 4.78 is 7.28. The Morgan fingerprint density at radius 3 is 2.62 bits per heavy atom. The van der Waals surface area contributed by atoms with E-state index in [9.17, 15) is 5.11 Å². The second kappa shape index (κ2) is 8.22. The average molecular weight is 432 g/mol. The van der Waals surface area contributed by atoms with Crippen molar-refractivity contribution < 1.29 is 9.84 Å². The molecule has 2 rings (SSSR count). The summed E-state index contributed by atoms with van der Waals surface area (Å²) in [4.78, 5) is 1.14. The maximum absolute atomic E-state index is 10.2. The molecule has 112 valence electrons. The molecule has 0 aliphatic carbocycles. The largest absolute Gasteiger partial charge is 0.497 e. The highest BCUT2D eigenvalue weighted by molar-refractivity contribution is 9.10. The van der Waals surface area contributed by atoms with E-state index in [-0.39, 0.29) is 0 Å². The van der Waals surface area contributed by atoms with Gasteiger partial charge >= 0.3 is 0 Å². The summed E-state index contributed by atoms with van der Waals surface area (Å²) in [6.07, 6.45) is 0.181. The molecule has 5 heteroatoms. The number of rotatable bonds is 6. The molecular weight excluding hydrogens is 416 g/mol. The molecule has 1 N–H and O–H groups in total. The van der Waals surface area contributed by atoms with Crippen LogP contribution in [0.2, 0.25) is 0 Å². The zero-order valence-corrected chi connectivity index (χ0v) is 15.5. The number of methoxy groups -OCH3 is 1. The van der Waals surface area contributed by atoms with Crippen molar-refractivity contribution in [3.63, 3.8) is 0 Å². The Balaban J connectivity index is 1.96. The standard InChI is InChI=1S/C16H16Br2O2S/c1-20-13-6-7-14(17)11(9-13)8-12(19)10-21-16-5-3-2-4-15(16)18/h2-7,9,12,19H,8,10H2,1H3. The Morgan fingerprint density at radius 2 is 1.90 bits per heavy atom. The van der Waals surface area contributed by atoms with Crippen LogP contribution in [0.3, 0.4) is 0 Å².